The Morgan fingerprint density at radius 3 is 2.44 bits per heavy atom. The van der Waals surface area contributed by atoms with Crippen LogP contribution in [0.15, 0.2) is 78.9 Å². The van der Waals surface area contributed by atoms with Gasteiger partial charge in [-0.3, -0.25) is 10.1 Å². The van der Waals surface area contributed by atoms with Crippen molar-refractivity contribution >= 4 is 35.1 Å². The number of nitrogens with one attached hydrogen (secondary N) is 3. The molecule has 3 aromatic carbocycles. The normalized spacial score (nSPS) is 15.0. The zero-order valence-corrected chi connectivity index (χ0v) is 20.4. The van der Waals surface area contributed by atoms with Crippen molar-refractivity contribution < 1.29 is 19.1 Å². The molecule has 4 amide bonds. The van der Waals surface area contributed by atoms with Gasteiger partial charge in [-0.1, -0.05) is 48.5 Å². The summed E-state index contributed by atoms with van der Waals surface area (Å²) in [6, 6.07) is 23.7. The van der Waals surface area contributed by atoms with Gasteiger partial charge in [0.2, 0.25) is 0 Å². The number of amides is 4. The Hall–Kier alpha value is -4.33. The number of urea groups is 1. The van der Waals surface area contributed by atoms with Gasteiger partial charge in [-0.25, -0.2) is 9.59 Å². The minimum atomic E-state index is -0.931. The average Bonchev–Trinajstić information content (AvgIpc) is 2.97. The molecule has 0 aliphatic carbocycles. The summed E-state index contributed by atoms with van der Waals surface area (Å²) in [7, 11) is 0. The Morgan fingerprint density at radius 1 is 0.944 bits per heavy atom. The topological polar surface area (TPSA) is 99.8 Å². The quantitative estimate of drug-likeness (QED) is 0.439. The van der Waals surface area contributed by atoms with Crippen LogP contribution in [0.25, 0.3) is 0 Å². The summed E-state index contributed by atoms with van der Waals surface area (Å²) >= 11 is 0. The van der Waals surface area contributed by atoms with Crippen molar-refractivity contribution in [3.05, 3.63) is 90.0 Å². The second-order valence-corrected chi connectivity index (χ2v) is 8.93. The van der Waals surface area contributed by atoms with Crippen LogP contribution in [0.3, 0.4) is 0 Å². The van der Waals surface area contributed by atoms with E-state index in [0.29, 0.717) is 24.2 Å². The van der Waals surface area contributed by atoms with Gasteiger partial charge in [-0.05, 0) is 68.1 Å². The number of hydrogen-bond acceptors (Lipinski definition) is 4. The van der Waals surface area contributed by atoms with Crippen LogP contribution in [0.2, 0.25) is 0 Å². The first-order valence-corrected chi connectivity index (χ1v) is 12.0. The van der Waals surface area contributed by atoms with Crippen LogP contribution in [0.4, 0.5) is 26.7 Å². The molecule has 4 rings (SSSR count). The molecule has 1 aliphatic heterocycles. The zero-order chi connectivity index (χ0) is 25.5. The van der Waals surface area contributed by atoms with E-state index >= 15 is 0 Å². The van der Waals surface area contributed by atoms with Crippen molar-refractivity contribution in [2.45, 2.75) is 45.4 Å². The van der Waals surface area contributed by atoms with Crippen molar-refractivity contribution in [3.8, 4) is 0 Å². The third kappa shape index (κ3) is 6.41. The van der Waals surface area contributed by atoms with Crippen molar-refractivity contribution in [3.63, 3.8) is 0 Å². The van der Waals surface area contributed by atoms with E-state index in [-0.39, 0.29) is 24.5 Å². The molecule has 8 heteroatoms. The fourth-order valence-electron chi connectivity index (χ4n) is 4.12. The molecule has 186 valence electrons. The molecule has 0 saturated heterocycles. The second kappa shape index (κ2) is 11.4. The Labute approximate surface area is 210 Å². The Bertz CT molecular complexity index is 1230. The summed E-state index contributed by atoms with van der Waals surface area (Å²) in [5.41, 5.74) is 3.83. The molecule has 0 aromatic heterocycles. The van der Waals surface area contributed by atoms with Gasteiger partial charge in [-0.2, -0.15) is 0 Å². The van der Waals surface area contributed by atoms with Gasteiger partial charge in [0.25, 0.3) is 5.91 Å². The minimum Gasteiger partial charge on any atom is -0.436 e. The van der Waals surface area contributed by atoms with E-state index in [0.717, 1.165) is 16.8 Å². The second-order valence-electron chi connectivity index (χ2n) is 8.93. The summed E-state index contributed by atoms with van der Waals surface area (Å²) in [4.78, 5) is 39.9. The van der Waals surface area contributed by atoms with Crippen molar-refractivity contribution in [2.24, 2.45) is 0 Å². The van der Waals surface area contributed by atoms with Gasteiger partial charge in [0.15, 0.2) is 6.10 Å². The lowest BCUT2D eigenvalue weighted by Crippen LogP contribution is -2.41. The molecule has 36 heavy (non-hydrogen) atoms. The van der Waals surface area contributed by atoms with Crippen molar-refractivity contribution in [1.29, 1.82) is 0 Å². The van der Waals surface area contributed by atoms with Crippen LogP contribution < -0.4 is 20.9 Å². The molecule has 1 heterocycles. The van der Waals surface area contributed by atoms with Crippen LogP contribution in [-0.2, 0) is 22.5 Å². The molecule has 0 radical (unpaired) electrons. The van der Waals surface area contributed by atoms with Crippen molar-refractivity contribution in [1.82, 2.24) is 5.32 Å². The first kappa shape index (κ1) is 24.8. The number of ether oxygens (including phenoxy) is 1. The lowest BCUT2D eigenvalue weighted by molar-refractivity contribution is -0.126. The lowest BCUT2D eigenvalue weighted by atomic mass is 10.1. The Morgan fingerprint density at radius 2 is 1.67 bits per heavy atom. The molecule has 0 spiro atoms. The Kier molecular flexibility index (Phi) is 7.85. The van der Waals surface area contributed by atoms with Gasteiger partial charge in [0.05, 0.1) is 6.54 Å². The molecule has 1 atom stereocenters. The monoisotopic (exact) mass is 486 g/mol. The van der Waals surface area contributed by atoms with Gasteiger partial charge in [-0.15, -0.1) is 0 Å². The van der Waals surface area contributed by atoms with E-state index in [1.807, 2.05) is 62.4 Å². The largest absolute Gasteiger partial charge is 0.436 e. The highest BCUT2D eigenvalue weighted by Gasteiger charge is 2.33. The van der Waals surface area contributed by atoms with Crippen LogP contribution >= 0.6 is 0 Å². The van der Waals surface area contributed by atoms with Gasteiger partial charge >= 0.3 is 12.1 Å². The minimum absolute atomic E-state index is 0.00966. The first-order chi connectivity index (χ1) is 17.4. The highest BCUT2D eigenvalue weighted by Crippen LogP contribution is 2.30. The van der Waals surface area contributed by atoms with E-state index in [4.69, 9.17) is 4.74 Å². The number of hydrogen-bond donors (Lipinski definition) is 3. The summed E-state index contributed by atoms with van der Waals surface area (Å²) in [6.45, 7) is 4.03. The third-order valence-corrected chi connectivity index (χ3v) is 5.71. The highest BCUT2D eigenvalue weighted by molar-refractivity contribution is 5.99. The summed E-state index contributed by atoms with van der Waals surface area (Å²) in [5.74, 6) is -0.293. The van der Waals surface area contributed by atoms with Crippen LogP contribution in [0.5, 0.6) is 0 Å². The maximum absolute atomic E-state index is 13.6. The number of rotatable bonds is 6. The fourth-order valence-corrected chi connectivity index (χ4v) is 4.12. The first-order valence-electron chi connectivity index (χ1n) is 12.0. The smallest absolute Gasteiger partial charge is 0.412 e. The number of para-hydroxylation sites is 2. The molecule has 0 fully saturated rings. The highest BCUT2D eigenvalue weighted by atomic mass is 16.6. The van der Waals surface area contributed by atoms with E-state index in [9.17, 15) is 14.4 Å². The molecular weight excluding hydrogens is 456 g/mol. The maximum Gasteiger partial charge on any atom is 0.412 e. The number of carbonyl (C=O) groups excluding carboxylic acids is 3. The molecule has 8 nitrogen and oxygen atoms in total. The predicted octanol–water partition coefficient (Wildman–Crippen LogP) is 5.31. The number of nitrogens with zero attached hydrogens (tertiary/aromatic N) is 1. The number of aryl methyl sites for hydroxylation is 1. The summed E-state index contributed by atoms with van der Waals surface area (Å²) in [5, 5.41) is 8.29. The zero-order valence-electron chi connectivity index (χ0n) is 20.4. The summed E-state index contributed by atoms with van der Waals surface area (Å²) < 4.78 is 5.59. The van der Waals surface area contributed by atoms with Crippen LogP contribution in [-0.4, -0.2) is 30.2 Å². The molecule has 1 aliphatic rings. The molecular formula is C28H30N4O4. The average molecular weight is 487 g/mol. The molecule has 3 N–H and O–H groups in total. The van der Waals surface area contributed by atoms with E-state index < -0.39 is 12.2 Å². The number of benzene rings is 3. The van der Waals surface area contributed by atoms with Crippen molar-refractivity contribution in [2.75, 3.05) is 15.5 Å². The summed E-state index contributed by atoms with van der Waals surface area (Å²) in [6.07, 6.45) is -0.628. The van der Waals surface area contributed by atoms with E-state index in [1.165, 1.54) is 0 Å². The van der Waals surface area contributed by atoms with Gasteiger partial charge < -0.3 is 20.3 Å². The molecule has 0 saturated carbocycles. The SMILES string of the molecule is CC(C)NC(=O)Nc1cccc(CN2C(=O)C(OC(=O)Nc3ccccc3)CCc3ccccc32)c1. The number of anilines is 3. The third-order valence-electron chi connectivity index (χ3n) is 5.71. The lowest BCUT2D eigenvalue weighted by Gasteiger charge is -2.26. The fraction of sp³-hybridized carbons (Fsp3) is 0.250. The van der Waals surface area contributed by atoms with Gasteiger partial charge in [0.1, 0.15) is 0 Å². The van der Waals surface area contributed by atoms with E-state index in [1.54, 1.807) is 35.2 Å². The molecule has 0 bridgehead atoms. The molecule has 3 aromatic rings. The van der Waals surface area contributed by atoms with Crippen LogP contribution in [0, 0.1) is 0 Å². The van der Waals surface area contributed by atoms with E-state index in [2.05, 4.69) is 16.0 Å². The predicted molar refractivity (Wildman–Crippen MR) is 140 cm³/mol. The van der Waals surface area contributed by atoms with Crippen LogP contribution in [0.1, 0.15) is 31.4 Å². The van der Waals surface area contributed by atoms with Gasteiger partial charge in [0, 0.05) is 23.1 Å². The standard InChI is InChI=1S/C28H30N4O4/c1-19(2)29-27(34)30-23-13-8-9-20(17-23)18-32-24-14-7-6-10-21(24)15-16-25(26(32)33)36-28(35)31-22-11-4-3-5-12-22/h3-14,17,19,25H,15-16,18H2,1-2H3,(H,31,35)(H2,29,30,34). The Balaban J connectivity index is 1.53. The number of fused-ring (bicyclic) bond motifs is 1. The maximum atomic E-state index is 13.6. The molecule has 1 unspecified atom stereocenters. The number of carbonyl (C=O) groups is 3.